The Hall–Kier alpha value is -1.10. The van der Waals surface area contributed by atoms with E-state index in [-0.39, 0.29) is 17.8 Å². The molecule has 1 fully saturated rings. The van der Waals surface area contributed by atoms with Crippen LogP contribution in [0.15, 0.2) is 0 Å². The number of carbonyl (C=O) groups excluding carboxylic acids is 2. The van der Waals surface area contributed by atoms with Gasteiger partial charge in [0, 0.05) is 25.6 Å². The number of esters is 1. The van der Waals surface area contributed by atoms with E-state index < -0.39 is 0 Å². The highest BCUT2D eigenvalue weighted by Gasteiger charge is 2.22. The molecule has 1 saturated carbocycles. The molecule has 0 saturated heterocycles. The number of hydrogen-bond donors (Lipinski definition) is 2. The molecule has 0 bridgehead atoms. The van der Waals surface area contributed by atoms with Crippen LogP contribution in [0.25, 0.3) is 0 Å². The molecule has 0 heterocycles. The lowest BCUT2D eigenvalue weighted by Gasteiger charge is -2.11. The zero-order valence-corrected chi connectivity index (χ0v) is 10.6. The Kier molecular flexibility index (Phi) is 5.97. The number of rotatable bonds is 8. The van der Waals surface area contributed by atoms with Gasteiger partial charge in [0.1, 0.15) is 0 Å². The zero-order chi connectivity index (χ0) is 12.7. The number of amides is 1. The third-order valence-corrected chi connectivity index (χ3v) is 2.61. The maximum atomic E-state index is 11.3. The van der Waals surface area contributed by atoms with E-state index >= 15 is 0 Å². The fourth-order valence-electron chi connectivity index (χ4n) is 1.42. The van der Waals surface area contributed by atoms with Crippen molar-refractivity contribution in [2.75, 3.05) is 19.7 Å². The fourth-order valence-corrected chi connectivity index (χ4v) is 1.42. The van der Waals surface area contributed by atoms with Gasteiger partial charge in [-0.3, -0.25) is 9.59 Å². The van der Waals surface area contributed by atoms with E-state index in [1.165, 1.54) is 0 Å². The van der Waals surface area contributed by atoms with Crippen molar-refractivity contribution >= 4 is 11.9 Å². The number of ether oxygens (including phenoxy) is 1. The van der Waals surface area contributed by atoms with Crippen LogP contribution in [0.1, 0.15) is 33.1 Å². The number of carbonyl (C=O) groups is 2. The molecular formula is C12H22N2O3. The van der Waals surface area contributed by atoms with E-state index in [1.807, 2.05) is 6.92 Å². The van der Waals surface area contributed by atoms with Crippen molar-refractivity contribution in [2.45, 2.75) is 39.2 Å². The number of hydrogen-bond acceptors (Lipinski definition) is 4. The van der Waals surface area contributed by atoms with Crippen LogP contribution in [0.2, 0.25) is 0 Å². The first-order chi connectivity index (χ1) is 8.13. The minimum atomic E-state index is -0.192. The summed E-state index contributed by atoms with van der Waals surface area (Å²) < 4.78 is 4.88. The molecular weight excluding hydrogens is 220 g/mol. The Morgan fingerprint density at radius 1 is 1.41 bits per heavy atom. The summed E-state index contributed by atoms with van der Waals surface area (Å²) in [5.74, 6) is -0.271. The van der Waals surface area contributed by atoms with Gasteiger partial charge >= 0.3 is 5.97 Å². The summed E-state index contributed by atoms with van der Waals surface area (Å²) in [7, 11) is 0. The second-order valence-corrected chi connectivity index (χ2v) is 4.45. The van der Waals surface area contributed by atoms with Gasteiger partial charge in [-0.1, -0.05) is 6.92 Å². The summed E-state index contributed by atoms with van der Waals surface area (Å²) in [6.45, 7) is 5.17. The lowest BCUT2D eigenvalue weighted by molar-refractivity contribution is -0.147. The molecule has 2 N–H and O–H groups in total. The van der Waals surface area contributed by atoms with Gasteiger partial charge < -0.3 is 15.4 Å². The van der Waals surface area contributed by atoms with Crippen LogP contribution in [0, 0.1) is 5.92 Å². The van der Waals surface area contributed by atoms with Crippen LogP contribution >= 0.6 is 0 Å². The molecule has 0 aromatic heterocycles. The fraction of sp³-hybridized carbons (Fsp3) is 0.833. The van der Waals surface area contributed by atoms with Gasteiger partial charge in [0.05, 0.1) is 12.5 Å². The second-order valence-electron chi connectivity index (χ2n) is 4.45. The van der Waals surface area contributed by atoms with E-state index in [0.717, 1.165) is 12.8 Å². The van der Waals surface area contributed by atoms with Crippen molar-refractivity contribution in [1.82, 2.24) is 10.6 Å². The molecule has 1 unspecified atom stereocenters. The summed E-state index contributed by atoms with van der Waals surface area (Å²) in [6, 6.07) is 0.418. The summed E-state index contributed by atoms with van der Waals surface area (Å²) in [4.78, 5) is 22.6. The molecule has 98 valence electrons. The molecule has 1 aliphatic carbocycles. The lowest BCUT2D eigenvalue weighted by Crippen LogP contribution is -2.32. The van der Waals surface area contributed by atoms with Crippen LogP contribution in [-0.2, 0) is 14.3 Å². The normalized spacial score (nSPS) is 16.4. The Labute approximate surface area is 102 Å². The molecule has 5 heteroatoms. The van der Waals surface area contributed by atoms with Crippen LogP contribution in [0.4, 0.5) is 0 Å². The molecule has 1 atom stereocenters. The van der Waals surface area contributed by atoms with Crippen LogP contribution in [0.3, 0.4) is 0 Å². The van der Waals surface area contributed by atoms with E-state index in [2.05, 4.69) is 10.6 Å². The first-order valence-corrected chi connectivity index (χ1v) is 6.30. The predicted molar refractivity (Wildman–Crippen MR) is 64.4 cm³/mol. The van der Waals surface area contributed by atoms with Gasteiger partial charge in [-0.25, -0.2) is 0 Å². The molecule has 1 rings (SSSR count). The first-order valence-electron chi connectivity index (χ1n) is 6.30. The monoisotopic (exact) mass is 242 g/mol. The van der Waals surface area contributed by atoms with Gasteiger partial charge in [-0.15, -0.1) is 0 Å². The molecule has 1 amide bonds. The minimum absolute atomic E-state index is 0.0868. The van der Waals surface area contributed by atoms with Crippen LogP contribution in [-0.4, -0.2) is 37.6 Å². The highest BCUT2D eigenvalue weighted by Crippen LogP contribution is 2.18. The molecule has 0 spiro atoms. The van der Waals surface area contributed by atoms with Crippen molar-refractivity contribution in [3.8, 4) is 0 Å². The van der Waals surface area contributed by atoms with Gasteiger partial charge in [-0.05, 0) is 19.8 Å². The third kappa shape index (κ3) is 6.26. The zero-order valence-electron chi connectivity index (χ0n) is 10.6. The summed E-state index contributed by atoms with van der Waals surface area (Å²) in [5, 5.41) is 6.00. The van der Waals surface area contributed by atoms with Crippen molar-refractivity contribution in [1.29, 1.82) is 0 Å². The van der Waals surface area contributed by atoms with Crippen LogP contribution in [0.5, 0.6) is 0 Å². The highest BCUT2D eigenvalue weighted by atomic mass is 16.5. The summed E-state index contributed by atoms with van der Waals surface area (Å²) in [6.07, 6.45) is 2.68. The Morgan fingerprint density at radius 2 is 2.12 bits per heavy atom. The Balaban J connectivity index is 1.98. The summed E-state index contributed by atoms with van der Waals surface area (Å²) >= 11 is 0. The first kappa shape index (κ1) is 14.0. The second kappa shape index (κ2) is 7.27. The van der Waals surface area contributed by atoms with E-state index in [0.29, 0.717) is 32.2 Å². The molecule has 0 aromatic carbocycles. The average Bonchev–Trinajstić information content (AvgIpc) is 3.08. The van der Waals surface area contributed by atoms with Crippen molar-refractivity contribution < 1.29 is 14.3 Å². The molecule has 5 nitrogen and oxygen atoms in total. The lowest BCUT2D eigenvalue weighted by atomic mass is 10.2. The predicted octanol–water partition coefficient (Wildman–Crippen LogP) is 0.444. The maximum absolute atomic E-state index is 11.3. The molecule has 0 aromatic rings. The average molecular weight is 242 g/mol. The standard InChI is InChI=1S/C12H22N2O3/c1-3-17-12(16)9(2)8-13-7-6-11(15)14-10-4-5-10/h9-10,13H,3-8H2,1-2H3,(H,14,15). The van der Waals surface area contributed by atoms with Gasteiger partial charge in [0.2, 0.25) is 5.91 Å². The SMILES string of the molecule is CCOC(=O)C(C)CNCCC(=O)NC1CC1. The van der Waals surface area contributed by atoms with Crippen molar-refractivity contribution in [2.24, 2.45) is 5.92 Å². The van der Waals surface area contributed by atoms with Gasteiger partial charge in [0.15, 0.2) is 0 Å². The van der Waals surface area contributed by atoms with Crippen molar-refractivity contribution in [3.05, 3.63) is 0 Å². The van der Waals surface area contributed by atoms with Gasteiger partial charge in [0.25, 0.3) is 0 Å². The van der Waals surface area contributed by atoms with E-state index in [4.69, 9.17) is 4.74 Å². The summed E-state index contributed by atoms with van der Waals surface area (Å²) in [5.41, 5.74) is 0. The molecule has 17 heavy (non-hydrogen) atoms. The molecule has 0 radical (unpaired) electrons. The van der Waals surface area contributed by atoms with Crippen molar-refractivity contribution in [3.63, 3.8) is 0 Å². The topological polar surface area (TPSA) is 67.4 Å². The van der Waals surface area contributed by atoms with Crippen LogP contribution < -0.4 is 10.6 Å². The van der Waals surface area contributed by atoms with Gasteiger partial charge in [-0.2, -0.15) is 0 Å². The number of nitrogens with one attached hydrogen (secondary N) is 2. The quantitative estimate of drug-likeness (QED) is 0.479. The van der Waals surface area contributed by atoms with E-state index in [1.54, 1.807) is 6.92 Å². The largest absolute Gasteiger partial charge is 0.466 e. The third-order valence-electron chi connectivity index (χ3n) is 2.61. The Bertz CT molecular complexity index is 264. The minimum Gasteiger partial charge on any atom is -0.466 e. The van der Waals surface area contributed by atoms with E-state index in [9.17, 15) is 9.59 Å². The molecule has 1 aliphatic rings. The highest BCUT2D eigenvalue weighted by molar-refractivity contribution is 5.76. The maximum Gasteiger partial charge on any atom is 0.309 e. The smallest absolute Gasteiger partial charge is 0.309 e. The Morgan fingerprint density at radius 3 is 2.71 bits per heavy atom. The molecule has 0 aliphatic heterocycles.